The summed E-state index contributed by atoms with van der Waals surface area (Å²) in [5, 5.41) is 0. The van der Waals surface area contributed by atoms with Crippen LogP contribution in [0, 0.1) is 41.3 Å². The maximum Gasteiger partial charge on any atom is 0.346 e. The molecule has 1 saturated heterocycles. The highest BCUT2D eigenvalue weighted by Gasteiger charge is 2.67. The molecule has 150 valence electrons. The van der Waals surface area contributed by atoms with Gasteiger partial charge in [0.1, 0.15) is 11.6 Å². The molecule has 2 aromatic carbocycles. The van der Waals surface area contributed by atoms with Crippen molar-refractivity contribution in [2.45, 2.75) is 6.42 Å². The van der Waals surface area contributed by atoms with Crippen molar-refractivity contribution in [2.24, 2.45) is 35.5 Å². The molecule has 6 heteroatoms. The van der Waals surface area contributed by atoms with Crippen LogP contribution >= 0.6 is 0 Å². The summed E-state index contributed by atoms with van der Waals surface area (Å²) in [6.07, 6.45) is 5.36. The number of esters is 1. The van der Waals surface area contributed by atoms with Gasteiger partial charge >= 0.3 is 5.97 Å². The van der Waals surface area contributed by atoms with Crippen molar-refractivity contribution in [2.75, 3.05) is 4.90 Å². The number of nitrogens with zero attached hydrogens (tertiary/aromatic N) is 1. The molecule has 2 amide bonds. The fourth-order valence-corrected chi connectivity index (χ4v) is 5.69. The van der Waals surface area contributed by atoms with E-state index in [1.165, 1.54) is 29.2 Å². The van der Waals surface area contributed by atoms with Crippen LogP contribution in [0.4, 0.5) is 10.1 Å². The van der Waals surface area contributed by atoms with Gasteiger partial charge in [0.05, 0.1) is 23.1 Å². The number of ether oxygens (including phenoxy) is 1. The van der Waals surface area contributed by atoms with Crippen LogP contribution in [0.1, 0.15) is 16.8 Å². The monoisotopic (exact) mass is 403 g/mol. The SMILES string of the molecule is O=C(Oc1cccc(N2C(=O)C3C4C=CC(C5CC45)C3C2=O)c1)c1ccccc1F. The average molecular weight is 403 g/mol. The molecule has 5 aliphatic rings. The number of hydrogen-bond acceptors (Lipinski definition) is 4. The summed E-state index contributed by atoms with van der Waals surface area (Å²) in [5.41, 5.74) is 0.204. The van der Waals surface area contributed by atoms with Gasteiger partial charge in [-0.15, -0.1) is 0 Å². The third-order valence-corrected chi connectivity index (χ3v) is 7.04. The predicted molar refractivity (Wildman–Crippen MR) is 105 cm³/mol. The maximum atomic E-state index is 13.9. The number of rotatable bonds is 3. The molecule has 2 saturated carbocycles. The van der Waals surface area contributed by atoms with Gasteiger partial charge in [-0.2, -0.15) is 0 Å². The maximum absolute atomic E-state index is 13.9. The van der Waals surface area contributed by atoms with Crippen LogP contribution in [0.5, 0.6) is 5.75 Å². The molecule has 0 N–H and O–H groups in total. The minimum atomic E-state index is -0.833. The Morgan fingerprint density at radius 1 is 0.933 bits per heavy atom. The molecule has 5 nitrogen and oxygen atoms in total. The molecule has 1 heterocycles. The molecule has 4 aliphatic carbocycles. The lowest BCUT2D eigenvalue weighted by atomic mass is 9.63. The Morgan fingerprint density at radius 3 is 2.27 bits per heavy atom. The summed E-state index contributed by atoms with van der Waals surface area (Å²) in [6, 6.07) is 11.9. The van der Waals surface area contributed by atoms with E-state index < -0.39 is 11.8 Å². The number of carbonyl (C=O) groups is 3. The Hall–Kier alpha value is -3.28. The second-order valence-electron chi connectivity index (χ2n) is 8.53. The van der Waals surface area contributed by atoms with Gasteiger partial charge in [-0.25, -0.2) is 14.1 Å². The third-order valence-electron chi connectivity index (χ3n) is 7.04. The quantitative estimate of drug-likeness (QED) is 0.340. The molecule has 0 aromatic heterocycles. The molecule has 1 aliphatic heterocycles. The van der Waals surface area contributed by atoms with Gasteiger partial charge in [0, 0.05) is 6.07 Å². The van der Waals surface area contributed by atoms with E-state index in [2.05, 4.69) is 12.2 Å². The van der Waals surface area contributed by atoms with E-state index in [0.717, 1.165) is 6.42 Å². The van der Waals surface area contributed by atoms with Gasteiger partial charge in [-0.3, -0.25) is 9.59 Å². The first-order chi connectivity index (χ1) is 14.5. The smallest absolute Gasteiger partial charge is 0.346 e. The van der Waals surface area contributed by atoms with Crippen molar-refractivity contribution in [3.05, 3.63) is 72.1 Å². The van der Waals surface area contributed by atoms with Gasteiger partial charge in [-0.05, 0) is 54.4 Å². The standard InChI is InChI=1S/C24H18FNO4/c25-19-7-2-1-6-16(19)24(29)30-13-5-3-4-12(10-13)26-22(27)20-14-8-9-15(18-11-17(14)18)21(20)23(26)28/h1-10,14-15,17-18,20-21H,11H2. The lowest BCUT2D eigenvalue weighted by Gasteiger charge is -2.37. The zero-order chi connectivity index (χ0) is 20.6. The summed E-state index contributed by atoms with van der Waals surface area (Å²) >= 11 is 0. The van der Waals surface area contributed by atoms with Crippen LogP contribution in [0.3, 0.4) is 0 Å². The summed E-state index contributed by atoms with van der Waals surface area (Å²) < 4.78 is 19.2. The second kappa shape index (κ2) is 6.11. The van der Waals surface area contributed by atoms with Gasteiger partial charge < -0.3 is 4.74 Å². The minimum absolute atomic E-state index is 0.147. The molecule has 7 rings (SSSR count). The summed E-state index contributed by atoms with van der Waals surface area (Å²) in [5.74, 6) is -0.921. The molecule has 0 spiro atoms. The molecule has 2 bridgehead atoms. The highest BCUT2D eigenvalue weighted by Crippen LogP contribution is 2.65. The van der Waals surface area contributed by atoms with Crippen LogP contribution in [-0.4, -0.2) is 17.8 Å². The zero-order valence-electron chi connectivity index (χ0n) is 15.9. The van der Waals surface area contributed by atoms with Crippen LogP contribution in [0.25, 0.3) is 0 Å². The third kappa shape index (κ3) is 2.36. The van der Waals surface area contributed by atoms with E-state index in [4.69, 9.17) is 4.74 Å². The molecule has 3 fully saturated rings. The molecule has 6 unspecified atom stereocenters. The van der Waals surface area contributed by atoms with Crippen LogP contribution < -0.4 is 9.64 Å². The molecule has 0 radical (unpaired) electrons. The van der Waals surface area contributed by atoms with Crippen molar-refractivity contribution < 1.29 is 23.5 Å². The van der Waals surface area contributed by atoms with Crippen LogP contribution in [-0.2, 0) is 9.59 Å². The van der Waals surface area contributed by atoms with E-state index in [1.54, 1.807) is 24.3 Å². The second-order valence-corrected chi connectivity index (χ2v) is 8.53. The van der Waals surface area contributed by atoms with E-state index in [-0.39, 0.29) is 46.8 Å². The Labute approximate surface area is 172 Å². The van der Waals surface area contributed by atoms with Crippen molar-refractivity contribution in [3.8, 4) is 5.75 Å². The average Bonchev–Trinajstić information content (AvgIpc) is 3.52. The highest BCUT2D eigenvalue weighted by atomic mass is 19.1. The number of amides is 2. The number of allylic oxidation sites excluding steroid dienone is 2. The van der Waals surface area contributed by atoms with E-state index in [9.17, 15) is 18.8 Å². The molecule has 30 heavy (non-hydrogen) atoms. The first-order valence-corrected chi connectivity index (χ1v) is 10.2. The predicted octanol–water partition coefficient (Wildman–Crippen LogP) is 3.60. The number of halogens is 1. The normalized spacial score (nSPS) is 32.8. The van der Waals surface area contributed by atoms with Crippen LogP contribution in [0.2, 0.25) is 0 Å². The number of imide groups is 1. The lowest BCUT2D eigenvalue weighted by molar-refractivity contribution is -0.124. The number of anilines is 1. The Balaban J connectivity index is 1.29. The largest absolute Gasteiger partial charge is 0.423 e. The molecular formula is C24H18FNO4. The lowest BCUT2D eigenvalue weighted by Crippen LogP contribution is -2.40. The van der Waals surface area contributed by atoms with Gasteiger partial charge in [-0.1, -0.05) is 30.4 Å². The summed E-state index contributed by atoms with van der Waals surface area (Å²) in [7, 11) is 0. The minimum Gasteiger partial charge on any atom is -0.423 e. The number of hydrogen-bond donors (Lipinski definition) is 0. The van der Waals surface area contributed by atoms with Crippen molar-refractivity contribution in [1.29, 1.82) is 0 Å². The fraction of sp³-hybridized carbons (Fsp3) is 0.292. The van der Waals surface area contributed by atoms with Crippen molar-refractivity contribution in [1.82, 2.24) is 0 Å². The van der Waals surface area contributed by atoms with Gasteiger partial charge in [0.2, 0.25) is 11.8 Å². The first kappa shape index (κ1) is 17.6. The van der Waals surface area contributed by atoms with E-state index in [1.807, 2.05) is 0 Å². The van der Waals surface area contributed by atoms with Gasteiger partial charge in [0.15, 0.2) is 0 Å². The van der Waals surface area contributed by atoms with Crippen LogP contribution in [0.15, 0.2) is 60.7 Å². The van der Waals surface area contributed by atoms with Crippen molar-refractivity contribution >= 4 is 23.5 Å². The first-order valence-electron chi connectivity index (χ1n) is 10.2. The van der Waals surface area contributed by atoms with E-state index >= 15 is 0 Å². The topological polar surface area (TPSA) is 63.7 Å². The number of carbonyl (C=O) groups excluding carboxylic acids is 3. The van der Waals surface area contributed by atoms with Crippen molar-refractivity contribution in [3.63, 3.8) is 0 Å². The summed E-state index contributed by atoms with van der Waals surface area (Å²) in [4.78, 5) is 40.0. The molecular weight excluding hydrogens is 385 g/mol. The summed E-state index contributed by atoms with van der Waals surface area (Å²) in [6.45, 7) is 0. The Morgan fingerprint density at radius 2 is 1.60 bits per heavy atom. The van der Waals surface area contributed by atoms with E-state index in [0.29, 0.717) is 17.5 Å². The molecule has 2 aromatic rings. The molecule has 6 atom stereocenters. The van der Waals surface area contributed by atoms with Gasteiger partial charge in [0.25, 0.3) is 0 Å². The Kier molecular flexibility index (Phi) is 3.58. The zero-order valence-corrected chi connectivity index (χ0v) is 15.9. The highest BCUT2D eigenvalue weighted by molar-refractivity contribution is 6.22. The Bertz CT molecular complexity index is 1110. The number of benzene rings is 2. The fourth-order valence-electron chi connectivity index (χ4n) is 5.69.